The molecule has 1 fully saturated rings. The summed E-state index contributed by atoms with van der Waals surface area (Å²) in [5.41, 5.74) is 1.33. The third-order valence-electron chi connectivity index (χ3n) is 4.27. The number of alkyl halides is 1. The van der Waals surface area contributed by atoms with Crippen LogP contribution >= 0.6 is 15.9 Å². The van der Waals surface area contributed by atoms with Gasteiger partial charge in [0.05, 0.1) is 7.11 Å². The summed E-state index contributed by atoms with van der Waals surface area (Å²) in [5.74, 6) is 0.0929. The second-order valence-electron chi connectivity index (χ2n) is 5.83. The van der Waals surface area contributed by atoms with E-state index in [0.29, 0.717) is 11.3 Å². The molecule has 3 atom stereocenters. The number of methoxy groups -OCH3 is 1. The molecule has 0 saturated carbocycles. The summed E-state index contributed by atoms with van der Waals surface area (Å²) < 4.78 is 10.2. The number of amides is 2. The van der Waals surface area contributed by atoms with Gasteiger partial charge in [-0.3, -0.25) is 4.79 Å². The van der Waals surface area contributed by atoms with Crippen LogP contribution < -0.4 is 4.74 Å². The number of carbonyl (C=O) groups is 2. The highest BCUT2D eigenvalue weighted by Gasteiger charge is 2.42. The summed E-state index contributed by atoms with van der Waals surface area (Å²) in [4.78, 5) is 25.0. The standard InChI is InChI=1S/C19H18BrNO5/c1-25-14-9-7-13(8-10-14)17(22)16(20)18(23)21-15(11-26-19(21)24)12-5-3-2-4-6-12/h2-10,15-17,22H,11H2,1H3/t15-,16-,17+/m1/s1. The van der Waals surface area contributed by atoms with Gasteiger partial charge in [-0.05, 0) is 23.3 Å². The summed E-state index contributed by atoms with van der Waals surface area (Å²) in [6.45, 7) is 0.0902. The van der Waals surface area contributed by atoms with Crippen molar-refractivity contribution >= 4 is 27.9 Å². The predicted octanol–water partition coefficient (Wildman–Crippen LogP) is 3.21. The summed E-state index contributed by atoms with van der Waals surface area (Å²) in [7, 11) is 1.55. The highest BCUT2D eigenvalue weighted by Crippen LogP contribution is 2.32. The number of cyclic esters (lactones) is 1. The maximum atomic E-state index is 12.9. The van der Waals surface area contributed by atoms with Crippen molar-refractivity contribution in [3.63, 3.8) is 0 Å². The van der Waals surface area contributed by atoms with Gasteiger partial charge in [0.15, 0.2) is 0 Å². The maximum Gasteiger partial charge on any atom is 0.417 e. The number of rotatable bonds is 5. The lowest BCUT2D eigenvalue weighted by molar-refractivity contribution is -0.130. The summed E-state index contributed by atoms with van der Waals surface area (Å²) >= 11 is 3.24. The number of halogens is 1. The Morgan fingerprint density at radius 1 is 1.23 bits per heavy atom. The van der Waals surface area contributed by atoms with Gasteiger partial charge in [-0.2, -0.15) is 0 Å². The highest BCUT2D eigenvalue weighted by atomic mass is 79.9. The molecule has 0 unspecified atom stereocenters. The van der Waals surface area contributed by atoms with Crippen LogP contribution in [0.2, 0.25) is 0 Å². The van der Waals surface area contributed by atoms with E-state index < -0.39 is 29.0 Å². The van der Waals surface area contributed by atoms with Crippen molar-refractivity contribution in [1.82, 2.24) is 4.90 Å². The third kappa shape index (κ3) is 3.59. The van der Waals surface area contributed by atoms with Crippen molar-refractivity contribution < 1.29 is 24.2 Å². The Kier molecular flexibility index (Phi) is 5.58. The Hall–Kier alpha value is -2.38. The molecule has 1 saturated heterocycles. The Morgan fingerprint density at radius 2 is 1.88 bits per heavy atom. The van der Waals surface area contributed by atoms with Crippen LogP contribution in [0, 0.1) is 0 Å². The Balaban J connectivity index is 1.80. The van der Waals surface area contributed by atoms with Crippen LogP contribution in [0.25, 0.3) is 0 Å². The van der Waals surface area contributed by atoms with Crippen molar-refractivity contribution in [1.29, 1.82) is 0 Å². The molecule has 3 rings (SSSR count). The fourth-order valence-electron chi connectivity index (χ4n) is 2.82. The molecular formula is C19H18BrNO5. The fraction of sp³-hybridized carbons (Fsp3) is 0.263. The molecule has 2 aromatic rings. The van der Waals surface area contributed by atoms with Crippen molar-refractivity contribution in [3.05, 3.63) is 65.7 Å². The SMILES string of the molecule is COc1ccc([C@H](O)[C@@H](Br)C(=O)N2C(=O)OC[C@@H]2c2ccccc2)cc1. The number of nitrogens with zero attached hydrogens (tertiary/aromatic N) is 1. The van der Waals surface area contributed by atoms with E-state index in [9.17, 15) is 14.7 Å². The molecule has 0 aromatic heterocycles. The van der Waals surface area contributed by atoms with Crippen LogP contribution in [0.1, 0.15) is 23.3 Å². The van der Waals surface area contributed by atoms with E-state index in [2.05, 4.69) is 15.9 Å². The topological polar surface area (TPSA) is 76.1 Å². The van der Waals surface area contributed by atoms with E-state index in [1.807, 2.05) is 30.3 Å². The molecule has 7 heteroatoms. The second kappa shape index (κ2) is 7.88. The molecule has 6 nitrogen and oxygen atoms in total. The highest BCUT2D eigenvalue weighted by molar-refractivity contribution is 9.10. The van der Waals surface area contributed by atoms with E-state index in [-0.39, 0.29) is 6.61 Å². The Labute approximate surface area is 159 Å². The fourth-order valence-corrected chi connectivity index (χ4v) is 3.35. The molecule has 1 aliphatic heterocycles. The van der Waals surface area contributed by atoms with Gasteiger partial charge < -0.3 is 14.6 Å². The lowest BCUT2D eigenvalue weighted by atomic mass is 10.0. The smallest absolute Gasteiger partial charge is 0.417 e. The molecule has 2 amide bonds. The number of hydrogen-bond acceptors (Lipinski definition) is 5. The number of aliphatic hydroxyl groups is 1. The number of ether oxygens (including phenoxy) is 2. The van der Waals surface area contributed by atoms with E-state index in [1.165, 1.54) is 0 Å². The first-order valence-electron chi connectivity index (χ1n) is 8.03. The van der Waals surface area contributed by atoms with Crippen molar-refractivity contribution in [2.75, 3.05) is 13.7 Å². The first-order chi connectivity index (χ1) is 12.5. The summed E-state index contributed by atoms with van der Waals surface area (Å²) in [5, 5.41) is 10.5. The number of hydrogen-bond donors (Lipinski definition) is 1. The monoisotopic (exact) mass is 419 g/mol. The maximum absolute atomic E-state index is 12.9. The van der Waals surface area contributed by atoms with Gasteiger partial charge in [-0.1, -0.05) is 58.4 Å². The number of aliphatic hydroxyl groups excluding tert-OH is 1. The van der Waals surface area contributed by atoms with Crippen LogP contribution in [0.5, 0.6) is 5.75 Å². The normalized spacial score (nSPS) is 19.0. The average Bonchev–Trinajstić information content (AvgIpc) is 3.08. The van der Waals surface area contributed by atoms with Crippen molar-refractivity contribution in [2.24, 2.45) is 0 Å². The molecule has 0 aliphatic carbocycles. The first kappa shape index (κ1) is 18.4. The quantitative estimate of drug-likeness (QED) is 0.752. The van der Waals surface area contributed by atoms with Crippen LogP contribution in [0.3, 0.4) is 0 Å². The molecule has 0 spiro atoms. The van der Waals surface area contributed by atoms with Crippen LogP contribution in [-0.2, 0) is 9.53 Å². The predicted molar refractivity (Wildman–Crippen MR) is 98.0 cm³/mol. The van der Waals surface area contributed by atoms with Gasteiger partial charge in [-0.25, -0.2) is 9.69 Å². The Bertz CT molecular complexity index is 780. The minimum absolute atomic E-state index is 0.0902. The minimum atomic E-state index is -1.13. The lowest BCUT2D eigenvalue weighted by Gasteiger charge is -2.25. The zero-order valence-corrected chi connectivity index (χ0v) is 15.6. The Morgan fingerprint density at radius 3 is 2.50 bits per heavy atom. The summed E-state index contributed by atoms with van der Waals surface area (Å²) in [6.07, 6.45) is -1.84. The van der Waals surface area contributed by atoms with Crippen LogP contribution in [0.4, 0.5) is 4.79 Å². The van der Waals surface area contributed by atoms with Gasteiger partial charge in [0.25, 0.3) is 0 Å². The lowest BCUT2D eigenvalue weighted by Crippen LogP contribution is -2.41. The van der Waals surface area contributed by atoms with E-state index in [0.717, 1.165) is 10.5 Å². The number of benzene rings is 2. The number of carbonyl (C=O) groups excluding carboxylic acids is 2. The molecule has 26 heavy (non-hydrogen) atoms. The molecule has 0 radical (unpaired) electrons. The molecule has 0 bridgehead atoms. The van der Waals surface area contributed by atoms with Gasteiger partial charge in [-0.15, -0.1) is 0 Å². The largest absolute Gasteiger partial charge is 0.497 e. The zero-order valence-electron chi connectivity index (χ0n) is 14.0. The molecular weight excluding hydrogens is 402 g/mol. The van der Waals surface area contributed by atoms with Crippen LogP contribution in [-0.4, -0.2) is 40.6 Å². The van der Waals surface area contributed by atoms with E-state index in [1.54, 1.807) is 31.4 Å². The first-order valence-corrected chi connectivity index (χ1v) is 8.95. The minimum Gasteiger partial charge on any atom is -0.497 e. The van der Waals surface area contributed by atoms with E-state index in [4.69, 9.17) is 9.47 Å². The average molecular weight is 420 g/mol. The van der Waals surface area contributed by atoms with Crippen molar-refractivity contribution in [3.8, 4) is 5.75 Å². The van der Waals surface area contributed by atoms with Gasteiger partial charge >= 0.3 is 6.09 Å². The number of imide groups is 1. The summed E-state index contributed by atoms with van der Waals surface area (Å²) in [6, 6.07) is 15.4. The molecule has 136 valence electrons. The zero-order chi connectivity index (χ0) is 18.7. The van der Waals surface area contributed by atoms with Gasteiger partial charge in [0.1, 0.15) is 29.3 Å². The molecule has 1 N–H and O–H groups in total. The van der Waals surface area contributed by atoms with Gasteiger partial charge in [0.2, 0.25) is 5.91 Å². The van der Waals surface area contributed by atoms with Crippen LogP contribution in [0.15, 0.2) is 54.6 Å². The van der Waals surface area contributed by atoms with E-state index >= 15 is 0 Å². The van der Waals surface area contributed by atoms with Gasteiger partial charge in [0, 0.05) is 0 Å². The molecule has 1 aliphatic rings. The molecule has 2 aromatic carbocycles. The van der Waals surface area contributed by atoms with Crippen molar-refractivity contribution in [2.45, 2.75) is 17.0 Å². The molecule has 1 heterocycles. The second-order valence-corrected chi connectivity index (χ2v) is 6.82. The third-order valence-corrected chi connectivity index (χ3v) is 5.16.